The molecule has 0 aliphatic carbocycles. The van der Waals surface area contributed by atoms with Crippen molar-refractivity contribution in [2.45, 2.75) is 46.1 Å². The Hall–Kier alpha value is -2.04. The third-order valence-corrected chi connectivity index (χ3v) is 3.98. The number of phenols is 1. The van der Waals surface area contributed by atoms with Crippen molar-refractivity contribution < 1.29 is 14.7 Å². The third kappa shape index (κ3) is 4.98. The van der Waals surface area contributed by atoms with Crippen LogP contribution in [0.2, 0.25) is 0 Å². The van der Waals surface area contributed by atoms with Gasteiger partial charge in [0, 0.05) is 13.0 Å². The molecule has 0 saturated carbocycles. The average Bonchev–Trinajstić information content (AvgIpc) is 2.93. The van der Waals surface area contributed by atoms with Gasteiger partial charge < -0.3 is 15.3 Å². The van der Waals surface area contributed by atoms with E-state index in [-0.39, 0.29) is 35.6 Å². The van der Waals surface area contributed by atoms with Crippen molar-refractivity contribution in [1.29, 1.82) is 0 Å². The topological polar surface area (TPSA) is 69.6 Å². The lowest BCUT2D eigenvalue weighted by Crippen LogP contribution is -2.40. The summed E-state index contributed by atoms with van der Waals surface area (Å²) in [5.41, 5.74) is 0.935. The number of carbonyl (C=O) groups is 2. The normalized spacial score (nSPS) is 18.0. The fraction of sp³-hybridized carbons (Fsp3) is 0.556. The number of nitrogens with zero attached hydrogens (tertiary/aromatic N) is 1. The molecule has 126 valence electrons. The van der Waals surface area contributed by atoms with E-state index in [2.05, 4.69) is 5.32 Å². The van der Waals surface area contributed by atoms with E-state index in [1.54, 1.807) is 12.1 Å². The number of aromatic hydroxyl groups is 1. The molecule has 2 rings (SSSR count). The van der Waals surface area contributed by atoms with Crippen molar-refractivity contribution in [3.8, 4) is 5.75 Å². The number of phenolic OH excluding ortho intramolecular Hbond substituents is 1. The standard InChI is InChI=1S/C18H26N2O3/c1-18(2,3)11-16(22)19-12-17(23)20-10-4-5-15(20)13-6-8-14(21)9-7-13/h6-9,15,21H,4-5,10-12H2,1-3H3,(H,19,22)/t15-/m0/s1. The van der Waals surface area contributed by atoms with Gasteiger partial charge in [0.1, 0.15) is 5.75 Å². The first-order valence-electron chi connectivity index (χ1n) is 8.11. The molecule has 1 fully saturated rings. The van der Waals surface area contributed by atoms with Crippen molar-refractivity contribution in [3.05, 3.63) is 29.8 Å². The van der Waals surface area contributed by atoms with Gasteiger partial charge in [-0.2, -0.15) is 0 Å². The summed E-state index contributed by atoms with van der Waals surface area (Å²) in [5.74, 6) is 0.0770. The number of amides is 2. The van der Waals surface area contributed by atoms with Crippen LogP contribution in [0.5, 0.6) is 5.75 Å². The van der Waals surface area contributed by atoms with Gasteiger partial charge >= 0.3 is 0 Å². The lowest BCUT2D eigenvalue weighted by atomic mass is 9.92. The van der Waals surface area contributed by atoms with Crippen LogP contribution in [0, 0.1) is 5.41 Å². The summed E-state index contributed by atoms with van der Waals surface area (Å²) in [7, 11) is 0. The molecular formula is C18H26N2O3. The molecule has 0 aromatic heterocycles. The third-order valence-electron chi connectivity index (χ3n) is 3.98. The number of hydrogen-bond acceptors (Lipinski definition) is 3. The zero-order valence-corrected chi connectivity index (χ0v) is 14.1. The van der Waals surface area contributed by atoms with Crippen LogP contribution in [0.3, 0.4) is 0 Å². The molecule has 1 atom stereocenters. The Morgan fingerprint density at radius 3 is 2.52 bits per heavy atom. The number of hydrogen-bond donors (Lipinski definition) is 2. The number of likely N-dealkylation sites (tertiary alicyclic amines) is 1. The summed E-state index contributed by atoms with van der Waals surface area (Å²) in [6.07, 6.45) is 2.27. The van der Waals surface area contributed by atoms with E-state index in [1.807, 2.05) is 37.8 Å². The van der Waals surface area contributed by atoms with Gasteiger partial charge in [-0.25, -0.2) is 0 Å². The second-order valence-electron chi connectivity index (χ2n) is 7.35. The van der Waals surface area contributed by atoms with Crippen LogP contribution in [0.25, 0.3) is 0 Å². The minimum atomic E-state index is -0.0915. The smallest absolute Gasteiger partial charge is 0.242 e. The van der Waals surface area contributed by atoms with Gasteiger partial charge in [-0.3, -0.25) is 9.59 Å². The number of rotatable bonds is 4. The first-order valence-corrected chi connectivity index (χ1v) is 8.11. The Kier molecular flexibility index (Phi) is 5.29. The van der Waals surface area contributed by atoms with Gasteiger partial charge in [-0.15, -0.1) is 0 Å². The molecule has 1 saturated heterocycles. The first kappa shape index (κ1) is 17.3. The fourth-order valence-electron chi connectivity index (χ4n) is 2.93. The van der Waals surface area contributed by atoms with E-state index in [0.29, 0.717) is 13.0 Å². The highest BCUT2D eigenvalue weighted by molar-refractivity contribution is 5.85. The predicted molar refractivity (Wildman–Crippen MR) is 88.9 cm³/mol. The lowest BCUT2D eigenvalue weighted by Gasteiger charge is -2.25. The maximum atomic E-state index is 12.4. The second kappa shape index (κ2) is 7.02. The molecule has 0 spiro atoms. The Morgan fingerprint density at radius 1 is 1.26 bits per heavy atom. The summed E-state index contributed by atoms with van der Waals surface area (Å²) in [6.45, 7) is 6.74. The molecule has 23 heavy (non-hydrogen) atoms. The predicted octanol–water partition coefficient (Wildman–Crippen LogP) is 2.61. The molecule has 1 heterocycles. The van der Waals surface area contributed by atoms with E-state index in [9.17, 15) is 14.7 Å². The van der Waals surface area contributed by atoms with Crippen molar-refractivity contribution >= 4 is 11.8 Å². The van der Waals surface area contributed by atoms with Crippen LogP contribution in [0.1, 0.15) is 51.6 Å². The fourth-order valence-corrected chi connectivity index (χ4v) is 2.93. The van der Waals surface area contributed by atoms with Crippen molar-refractivity contribution in [2.24, 2.45) is 5.41 Å². The van der Waals surface area contributed by atoms with Gasteiger partial charge in [0.25, 0.3) is 0 Å². The van der Waals surface area contributed by atoms with E-state index in [0.717, 1.165) is 18.4 Å². The molecule has 1 aromatic rings. The minimum Gasteiger partial charge on any atom is -0.508 e. The number of carbonyl (C=O) groups excluding carboxylic acids is 2. The van der Waals surface area contributed by atoms with Crippen LogP contribution < -0.4 is 5.32 Å². The van der Waals surface area contributed by atoms with Gasteiger partial charge in [0.05, 0.1) is 12.6 Å². The van der Waals surface area contributed by atoms with Crippen LogP contribution >= 0.6 is 0 Å². The second-order valence-corrected chi connectivity index (χ2v) is 7.35. The van der Waals surface area contributed by atoms with Crippen molar-refractivity contribution in [1.82, 2.24) is 10.2 Å². The highest BCUT2D eigenvalue weighted by Gasteiger charge is 2.30. The Balaban J connectivity index is 1.93. The van der Waals surface area contributed by atoms with Crippen LogP contribution in [-0.2, 0) is 9.59 Å². The van der Waals surface area contributed by atoms with Crippen LogP contribution in [0.15, 0.2) is 24.3 Å². The molecule has 1 aliphatic heterocycles. The monoisotopic (exact) mass is 318 g/mol. The van der Waals surface area contributed by atoms with Gasteiger partial charge in [-0.05, 0) is 36.0 Å². The molecule has 5 heteroatoms. The average molecular weight is 318 g/mol. The first-order chi connectivity index (χ1) is 10.8. The largest absolute Gasteiger partial charge is 0.508 e. The highest BCUT2D eigenvalue weighted by Crippen LogP contribution is 2.32. The van der Waals surface area contributed by atoms with Gasteiger partial charge in [0.15, 0.2) is 0 Å². The Bertz CT molecular complexity index is 561. The van der Waals surface area contributed by atoms with Gasteiger partial charge in [0.2, 0.25) is 11.8 Å². The maximum Gasteiger partial charge on any atom is 0.242 e. The summed E-state index contributed by atoms with van der Waals surface area (Å²) >= 11 is 0. The zero-order valence-electron chi connectivity index (χ0n) is 14.1. The summed E-state index contributed by atoms with van der Waals surface area (Å²) < 4.78 is 0. The SMILES string of the molecule is CC(C)(C)CC(=O)NCC(=O)N1CCC[C@H]1c1ccc(O)cc1. The molecule has 1 aliphatic rings. The number of nitrogens with one attached hydrogen (secondary N) is 1. The van der Waals surface area contributed by atoms with E-state index in [4.69, 9.17) is 0 Å². The molecule has 2 N–H and O–H groups in total. The van der Waals surface area contributed by atoms with Crippen molar-refractivity contribution in [2.75, 3.05) is 13.1 Å². The highest BCUT2D eigenvalue weighted by atomic mass is 16.3. The van der Waals surface area contributed by atoms with Gasteiger partial charge in [-0.1, -0.05) is 32.9 Å². The molecular weight excluding hydrogens is 292 g/mol. The summed E-state index contributed by atoms with van der Waals surface area (Å²) in [5, 5.41) is 12.1. The van der Waals surface area contributed by atoms with E-state index < -0.39 is 0 Å². The lowest BCUT2D eigenvalue weighted by molar-refractivity contribution is -0.134. The molecule has 1 aromatic carbocycles. The minimum absolute atomic E-state index is 0.0302. The summed E-state index contributed by atoms with van der Waals surface area (Å²) in [4.78, 5) is 26.1. The van der Waals surface area contributed by atoms with E-state index in [1.165, 1.54) is 0 Å². The molecule has 0 bridgehead atoms. The molecule has 2 amide bonds. The quantitative estimate of drug-likeness (QED) is 0.896. The Labute approximate surface area is 137 Å². The summed E-state index contributed by atoms with van der Waals surface area (Å²) in [6, 6.07) is 7.01. The molecule has 0 radical (unpaired) electrons. The Morgan fingerprint density at radius 2 is 1.91 bits per heavy atom. The maximum absolute atomic E-state index is 12.4. The van der Waals surface area contributed by atoms with Crippen molar-refractivity contribution in [3.63, 3.8) is 0 Å². The molecule has 0 unspecified atom stereocenters. The number of benzene rings is 1. The van der Waals surface area contributed by atoms with Crippen LogP contribution in [0.4, 0.5) is 0 Å². The zero-order chi connectivity index (χ0) is 17.0. The molecule has 5 nitrogen and oxygen atoms in total. The van der Waals surface area contributed by atoms with E-state index >= 15 is 0 Å². The van der Waals surface area contributed by atoms with Crippen LogP contribution in [-0.4, -0.2) is 34.9 Å².